The zero-order valence-electron chi connectivity index (χ0n) is 9.90. The van der Waals surface area contributed by atoms with E-state index in [1.165, 1.54) is 12.1 Å². The molecule has 1 atom stereocenters. The molecule has 0 spiro atoms. The van der Waals surface area contributed by atoms with Gasteiger partial charge in [-0.3, -0.25) is 0 Å². The lowest BCUT2D eigenvalue weighted by molar-refractivity contribution is -0.0499. The maximum atomic E-state index is 12.0. The normalized spacial score (nSPS) is 12.8. The number of unbranched alkanes of at least 4 members (excludes halogenated alkanes) is 2. The molecule has 0 aliphatic heterocycles. The number of hydrogen-bond acceptors (Lipinski definition) is 2. The summed E-state index contributed by atoms with van der Waals surface area (Å²) in [7, 11) is 0. The SMILES string of the molecule is CCCCCC(O)c1cccc(OC(F)F)c1. The van der Waals surface area contributed by atoms with E-state index in [0.29, 0.717) is 12.0 Å². The van der Waals surface area contributed by atoms with Crippen LogP contribution in [0.25, 0.3) is 0 Å². The lowest BCUT2D eigenvalue weighted by Crippen LogP contribution is -2.03. The molecule has 4 heteroatoms. The van der Waals surface area contributed by atoms with E-state index in [-0.39, 0.29) is 5.75 Å². The molecule has 1 aromatic rings. The van der Waals surface area contributed by atoms with Crippen molar-refractivity contribution in [3.8, 4) is 5.75 Å². The van der Waals surface area contributed by atoms with Crippen LogP contribution in [0.2, 0.25) is 0 Å². The van der Waals surface area contributed by atoms with Crippen LogP contribution in [0.1, 0.15) is 44.3 Å². The summed E-state index contributed by atoms with van der Waals surface area (Å²) in [6.07, 6.45) is 3.11. The fourth-order valence-electron chi connectivity index (χ4n) is 1.65. The van der Waals surface area contributed by atoms with Crippen molar-refractivity contribution >= 4 is 0 Å². The van der Waals surface area contributed by atoms with Gasteiger partial charge in [-0.15, -0.1) is 0 Å². The Morgan fingerprint density at radius 1 is 1.29 bits per heavy atom. The van der Waals surface area contributed by atoms with Crippen LogP contribution in [0, 0.1) is 0 Å². The molecule has 0 aromatic heterocycles. The number of halogens is 2. The number of aliphatic hydroxyl groups excluding tert-OH is 1. The highest BCUT2D eigenvalue weighted by Crippen LogP contribution is 2.24. The van der Waals surface area contributed by atoms with Gasteiger partial charge in [0.05, 0.1) is 6.10 Å². The van der Waals surface area contributed by atoms with E-state index in [1.807, 2.05) is 0 Å². The van der Waals surface area contributed by atoms with E-state index in [0.717, 1.165) is 19.3 Å². The van der Waals surface area contributed by atoms with Crippen molar-refractivity contribution in [2.45, 2.75) is 45.3 Å². The standard InChI is InChI=1S/C13H18F2O2/c1-2-3-4-8-12(16)10-6-5-7-11(9-10)17-13(14)15/h5-7,9,12-13,16H,2-4,8H2,1H3. The minimum Gasteiger partial charge on any atom is -0.435 e. The molecule has 0 heterocycles. The largest absolute Gasteiger partial charge is 0.435 e. The second-order valence-corrected chi connectivity index (χ2v) is 3.96. The van der Waals surface area contributed by atoms with Gasteiger partial charge in [0.15, 0.2) is 0 Å². The van der Waals surface area contributed by atoms with Crippen LogP contribution in [0.4, 0.5) is 8.78 Å². The summed E-state index contributed by atoms with van der Waals surface area (Å²) in [5, 5.41) is 9.86. The van der Waals surface area contributed by atoms with Gasteiger partial charge in [-0.25, -0.2) is 0 Å². The summed E-state index contributed by atoms with van der Waals surface area (Å²) < 4.78 is 28.3. The quantitative estimate of drug-likeness (QED) is 0.737. The van der Waals surface area contributed by atoms with Gasteiger partial charge in [0, 0.05) is 0 Å². The number of rotatable bonds is 7. The highest BCUT2D eigenvalue weighted by atomic mass is 19.3. The molecule has 1 N–H and O–H groups in total. The molecule has 17 heavy (non-hydrogen) atoms. The smallest absolute Gasteiger partial charge is 0.387 e. The molecule has 1 rings (SSSR count). The Morgan fingerprint density at radius 2 is 2.06 bits per heavy atom. The number of benzene rings is 1. The van der Waals surface area contributed by atoms with Crippen molar-refractivity contribution in [1.29, 1.82) is 0 Å². The zero-order chi connectivity index (χ0) is 12.7. The third-order valence-electron chi connectivity index (χ3n) is 2.55. The first-order valence-electron chi connectivity index (χ1n) is 5.86. The van der Waals surface area contributed by atoms with Crippen LogP contribution >= 0.6 is 0 Å². The van der Waals surface area contributed by atoms with Crippen molar-refractivity contribution in [2.75, 3.05) is 0 Å². The monoisotopic (exact) mass is 244 g/mol. The third-order valence-corrected chi connectivity index (χ3v) is 2.55. The Hall–Kier alpha value is -1.16. The van der Waals surface area contributed by atoms with Crippen molar-refractivity contribution in [2.24, 2.45) is 0 Å². The molecule has 96 valence electrons. The summed E-state index contributed by atoms with van der Waals surface area (Å²) in [6, 6.07) is 6.24. The summed E-state index contributed by atoms with van der Waals surface area (Å²) >= 11 is 0. The van der Waals surface area contributed by atoms with Crippen molar-refractivity contribution < 1.29 is 18.6 Å². The average molecular weight is 244 g/mol. The maximum Gasteiger partial charge on any atom is 0.387 e. The number of aliphatic hydroxyl groups is 1. The first-order chi connectivity index (χ1) is 8.13. The summed E-state index contributed by atoms with van der Waals surface area (Å²) in [4.78, 5) is 0. The van der Waals surface area contributed by atoms with E-state index in [9.17, 15) is 13.9 Å². The first kappa shape index (κ1) is 13.9. The molecule has 0 fully saturated rings. The molecule has 0 amide bonds. The van der Waals surface area contributed by atoms with Crippen LogP contribution in [0.3, 0.4) is 0 Å². The second kappa shape index (κ2) is 7.22. The number of ether oxygens (including phenoxy) is 1. The van der Waals surface area contributed by atoms with Crippen LogP contribution < -0.4 is 4.74 Å². The van der Waals surface area contributed by atoms with Gasteiger partial charge in [0.25, 0.3) is 0 Å². The average Bonchev–Trinajstić information content (AvgIpc) is 2.28. The van der Waals surface area contributed by atoms with Gasteiger partial charge >= 0.3 is 6.61 Å². The lowest BCUT2D eigenvalue weighted by atomic mass is 10.0. The van der Waals surface area contributed by atoms with Crippen LogP contribution in [0.15, 0.2) is 24.3 Å². The van der Waals surface area contributed by atoms with E-state index in [2.05, 4.69) is 11.7 Å². The Kier molecular flexibility index (Phi) is 5.91. The molecular weight excluding hydrogens is 226 g/mol. The lowest BCUT2D eigenvalue weighted by Gasteiger charge is -2.12. The molecule has 0 radical (unpaired) electrons. The first-order valence-corrected chi connectivity index (χ1v) is 5.86. The van der Waals surface area contributed by atoms with Crippen LogP contribution in [-0.4, -0.2) is 11.7 Å². The molecule has 1 unspecified atom stereocenters. The summed E-state index contributed by atoms with van der Waals surface area (Å²) in [6.45, 7) is -0.744. The van der Waals surface area contributed by atoms with Gasteiger partial charge in [0.1, 0.15) is 5.75 Å². The highest BCUT2D eigenvalue weighted by Gasteiger charge is 2.10. The fourth-order valence-corrected chi connectivity index (χ4v) is 1.65. The topological polar surface area (TPSA) is 29.5 Å². The van der Waals surface area contributed by atoms with Gasteiger partial charge in [-0.2, -0.15) is 8.78 Å². The van der Waals surface area contributed by atoms with E-state index < -0.39 is 12.7 Å². The Bertz CT molecular complexity index is 329. The van der Waals surface area contributed by atoms with Gasteiger partial charge < -0.3 is 9.84 Å². The molecule has 0 saturated heterocycles. The molecular formula is C13H18F2O2. The Morgan fingerprint density at radius 3 is 2.71 bits per heavy atom. The number of alkyl halides is 2. The molecule has 0 bridgehead atoms. The van der Waals surface area contributed by atoms with Crippen LogP contribution in [-0.2, 0) is 0 Å². The molecule has 0 aliphatic rings. The fraction of sp³-hybridized carbons (Fsp3) is 0.538. The van der Waals surface area contributed by atoms with Gasteiger partial charge in [0.2, 0.25) is 0 Å². The minimum atomic E-state index is -2.83. The zero-order valence-corrected chi connectivity index (χ0v) is 9.90. The summed E-state index contributed by atoms with van der Waals surface area (Å²) in [5.41, 5.74) is 0.624. The molecule has 0 saturated carbocycles. The Labute approximate surface area is 100 Å². The number of hydrogen-bond donors (Lipinski definition) is 1. The van der Waals surface area contributed by atoms with Crippen molar-refractivity contribution in [1.82, 2.24) is 0 Å². The molecule has 1 aromatic carbocycles. The van der Waals surface area contributed by atoms with Crippen molar-refractivity contribution in [3.05, 3.63) is 29.8 Å². The van der Waals surface area contributed by atoms with E-state index in [1.54, 1.807) is 12.1 Å². The maximum absolute atomic E-state index is 12.0. The molecule has 2 nitrogen and oxygen atoms in total. The minimum absolute atomic E-state index is 0.0899. The van der Waals surface area contributed by atoms with E-state index >= 15 is 0 Å². The second-order valence-electron chi connectivity index (χ2n) is 3.96. The Balaban J connectivity index is 2.57. The van der Waals surface area contributed by atoms with Gasteiger partial charge in [-0.1, -0.05) is 38.3 Å². The highest BCUT2D eigenvalue weighted by molar-refractivity contribution is 5.29. The van der Waals surface area contributed by atoms with E-state index in [4.69, 9.17) is 0 Å². The predicted octanol–water partition coefficient (Wildman–Crippen LogP) is 3.90. The summed E-state index contributed by atoms with van der Waals surface area (Å²) in [5.74, 6) is 0.0899. The van der Waals surface area contributed by atoms with Crippen molar-refractivity contribution in [3.63, 3.8) is 0 Å². The molecule has 0 aliphatic carbocycles. The van der Waals surface area contributed by atoms with Crippen LogP contribution in [0.5, 0.6) is 5.75 Å². The van der Waals surface area contributed by atoms with Gasteiger partial charge in [-0.05, 0) is 24.1 Å². The predicted molar refractivity (Wildman–Crippen MR) is 62.2 cm³/mol. The third kappa shape index (κ3) is 5.13.